The molecule has 1 saturated heterocycles. The number of benzene rings is 1. The first kappa shape index (κ1) is 17.2. The number of nitrogens with zero attached hydrogens (tertiary/aromatic N) is 2. The van der Waals surface area contributed by atoms with E-state index in [1.807, 2.05) is 0 Å². The Morgan fingerprint density at radius 1 is 1.36 bits per heavy atom. The summed E-state index contributed by atoms with van der Waals surface area (Å²) in [5.41, 5.74) is 0.856. The Kier molecular flexibility index (Phi) is 4.88. The van der Waals surface area contributed by atoms with Gasteiger partial charge < -0.3 is 15.4 Å². The van der Waals surface area contributed by atoms with Crippen molar-refractivity contribution in [1.29, 1.82) is 0 Å². The summed E-state index contributed by atoms with van der Waals surface area (Å²) in [4.78, 5) is 14.3. The molecule has 5 nitrogen and oxygen atoms in total. The molecule has 1 fully saturated rings. The lowest BCUT2D eigenvalue weighted by Crippen LogP contribution is -2.36. The summed E-state index contributed by atoms with van der Waals surface area (Å²) in [7, 11) is 0. The standard InChI is InChI=1S/C19H22FN3O2/c1-13(2)16-7-5-10-22(16)17-9-8-14(12-15(17)20)21-19(24)18-6-3-4-11-23(18)25/h3-4,6,8-9,11-13,16H,5,7,10H2,1-2H3,(H,21,24). The number of rotatable bonds is 4. The molecule has 2 heterocycles. The second-order valence-electron chi connectivity index (χ2n) is 6.68. The zero-order chi connectivity index (χ0) is 18.0. The Morgan fingerprint density at radius 3 is 2.84 bits per heavy atom. The fraction of sp³-hybridized carbons (Fsp3) is 0.368. The number of hydrogen-bond donors (Lipinski definition) is 1. The summed E-state index contributed by atoms with van der Waals surface area (Å²) < 4.78 is 15.1. The predicted molar refractivity (Wildman–Crippen MR) is 95.0 cm³/mol. The van der Waals surface area contributed by atoms with Crippen LogP contribution in [0.1, 0.15) is 37.2 Å². The van der Waals surface area contributed by atoms with Crippen molar-refractivity contribution in [3.63, 3.8) is 0 Å². The lowest BCUT2D eigenvalue weighted by Gasteiger charge is -2.30. The number of pyridine rings is 1. The molecule has 0 spiro atoms. The van der Waals surface area contributed by atoms with Crippen LogP contribution in [0, 0.1) is 16.9 Å². The molecular formula is C19H22FN3O2. The second-order valence-corrected chi connectivity index (χ2v) is 6.68. The molecule has 1 aliphatic heterocycles. The third-order valence-corrected chi connectivity index (χ3v) is 4.64. The third-order valence-electron chi connectivity index (χ3n) is 4.64. The van der Waals surface area contributed by atoms with E-state index in [9.17, 15) is 14.4 Å². The molecule has 0 bridgehead atoms. The van der Waals surface area contributed by atoms with Gasteiger partial charge in [0.15, 0.2) is 6.20 Å². The molecule has 0 saturated carbocycles. The maximum atomic E-state index is 14.6. The molecule has 25 heavy (non-hydrogen) atoms. The zero-order valence-corrected chi connectivity index (χ0v) is 14.4. The monoisotopic (exact) mass is 343 g/mol. The fourth-order valence-corrected chi connectivity index (χ4v) is 3.40. The van der Waals surface area contributed by atoms with Gasteiger partial charge in [-0.3, -0.25) is 4.79 Å². The van der Waals surface area contributed by atoms with Crippen LogP contribution >= 0.6 is 0 Å². The number of nitrogens with one attached hydrogen (secondary N) is 1. The molecule has 2 aromatic rings. The number of halogens is 1. The highest BCUT2D eigenvalue weighted by atomic mass is 19.1. The van der Waals surface area contributed by atoms with Crippen LogP contribution < -0.4 is 14.9 Å². The molecule has 1 aromatic heterocycles. The van der Waals surface area contributed by atoms with Crippen LogP contribution in [-0.2, 0) is 0 Å². The van der Waals surface area contributed by atoms with Gasteiger partial charge >= 0.3 is 5.91 Å². The van der Waals surface area contributed by atoms with Crippen molar-refractivity contribution >= 4 is 17.3 Å². The highest BCUT2D eigenvalue weighted by molar-refractivity contribution is 6.01. The van der Waals surface area contributed by atoms with Gasteiger partial charge in [-0.1, -0.05) is 13.8 Å². The first-order valence-electron chi connectivity index (χ1n) is 8.53. The highest BCUT2D eigenvalue weighted by Crippen LogP contribution is 2.32. The van der Waals surface area contributed by atoms with Gasteiger partial charge in [0.05, 0.1) is 5.69 Å². The van der Waals surface area contributed by atoms with E-state index < -0.39 is 5.91 Å². The minimum absolute atomic E-state index is 0.0357. The van der Waals surface area contributed by atoms with E-state index in [-0.39, 0.29) is 11.5 Å². The van der Waals surface area contributed by atoms with Crippen molar-refractivity contribution in [3.05, 3.63) is 59.3 Å². The van der Waals surface area contributed by atoms with E-state index >= 15 is 0 Å². The molecule has 1 atom stereocenters. The van der Waals surface area contributed by atoms with Gasteiger partial charge in [0, 0.05) is 30.4 Å². The molecule has 1 unspecified atom stereocenters. The van der Waals surface area contributed by atoms with Crippen molar-refractivity contribution in [2.75, 3.05) is 16.8 Å². The van der Waals surface area contributed by atoms with Gasteiger partial charge in [-0.25, -0.2) is 4.39 Å². The molecule has 1 N–H and O–H groups in total. The van der Waals surface area contributed by atoms with Crippen LogP contribution in [0.5, 0.6) is 0 Å². The van der Waals surface area contributed by atoms with E-state index in [1.165, 1.54) is 18.3 Å². The Labute approximate surface area is 146 Å². The zero-order valence-electron chi connectivity index (χ0n) is 14.4. The van der Waals surface area contributed by atoms with Crippen LogP contribution in [0.25, 0.3) is 0 Å². The summed E-state index contributed by atoms with van der Waals surface area (Å²) in [6.45, 7) is 5.13. The Balaban J connectivity index is 1.78. The number of anilines is 2. The molecule has 0 aliphatic carbocycles. The van der Waals surface area contributed by atoms with Gasteiger partial charge in [0.2, 0.25) is 0 Å². The molecular weight excluding hydrogens is 321 g/mol. The Hall–Kier alpha value is -2.63. The maximum absolute atomic E-state index is 14.6. The maximum Gasteiger partial charge on any atom is 0.321 e. The quantitative estimate of drug-likeness (QED) is 0.684. The van der Waals surface area contributed by atoms with Crippen molar-refractivity contribution in [2.24, 2.45) is 5.92 Å². The van der Waals surface area contributed by atoms with Gasteiger partial charge in [0.1, 0.15) is 5.82 Å². The number of aromatic nitrogens is 1. The normalized spacial score (nSPS) is 17.1. The first-order chi connectivity index (χ1) is 12.0. The van der Waals surface area contributed by atoms with E-state index in [0.717, 1.165) is 19.4 Å². The van der Waals surface area contributed by atoms with Gasteiger partial charge in [-0.15, -0.1) is 0 Å². The fourth-order valence-electron chi connectivity index (χ4n) is 3.40. The number of hydrogen-bond acceptors (Lipinski definition) is 3. The topological polar surface area (TPSA) is 59.3 Å². The van der Waals surface area contributed by atoms with E-state index in [4.69, 9.17) is 0 Å². The molecule has 6 heteroatoms. The molecule has 132 valence electrons. The van der Waals surface area contributed by atoms with Crippen LogP contribution in [0.15, 0.2) is 42.6 Å². The predicted octanol–water partition coefficient (Wildman–Crippen LogP) is 3.34. The smallest absolute Gasteiger partial charge is 0.321 e. The summed E-state index contributed by atoms with van der Waals surface area (Å²) in [6, 6.07) is 9.57. The highest BCUT2D eigenvalue weighted by Gasteiger charge is 2.29. The van der Waals surface area contributed by atoms with Gasteiger partial charge in [-0.2, -0.15) is 4.73 Å². The lowest BCUT2D eigenvalue weighted by molar-refractivity contribution is -0.607. The molecule has 1 amide bonds. The van der Waals surface area contributed by atoms with Crippen LogP contribution in [-0.4, -0.2) is 18.5 Å². The first-order valence-corrected chi connectivity index (χ1v) is 8.53. The summed E-state index contributed by atoms with van der Waals surface area (Å²) in [5.74, 6) is -0.482. The van der Waals surface area contributed by atoms with Crippen LogP contribution in [0.4, 0.5) is 15.8 Å². The SMILES string of the molecule is CC(C)C1CCCN1c1ccc(NC(=O)c2cccc[n+]2[O-])cc1F. The van der Waals surface area contributed by atoms with E-state index in [1.54, 1.807) is 24.3 Å². The van der Waals surface area contributed by atoms with Gasteiger partial charge in [-0.05, 0) is 43.0 Å². The second kappa shape index (κ2) is 7.09. The minimum Gasteiger partial charge on any atom is -0.618 e. The van der Waals surface area contributed by atoms with Crippen LogP contribution in [0.2, 0.25) is 0 Å². The number of carbonyl (C=O) groups excluding carboxylic acids is 1. The summed E-state index contributed by atoms with van der Waals surface area (Å²) in [5, 5.41) is 14.2. The average molecular weight is 343 g/mol. The number of carbonyl (C=O) groups is 1. The molecule has 3 rings (SSSR count). The van der Waals surface area contributed by atoms with E-state index in [0.29, 0.717) is 28.1 Å². The minimum atomic E-state index is -0.566. The van der Waals surface area contributed by atoms with E-state index in [2.05, 4.69) is 24.1 Å². The van der Waals surface area contributed by atoms with Crippen molar-refractivity contribution in [2.45, 2.75) is 32.7 Å². The summed E-state index contributed by atoms with van der Waals surface area (Å²) >= 11 is 0. The van der Waals surface area contributed by atoms with Crippen LogP contribution in [0.3, 0.4) is 0 Å². The molecule has 0 radical (unpaired) electrons. The average Bonchev–Trinajstić information content (AvgIpc) is 3.05. The van der Waals surface area contributed by atoms with Crippen molar-refractivity contribution in [3.8, 4) is 0 Å². The third kappa shape index (κ3) is 3.57. The largest absolute Gasteiger partial charge is 0.618 e. The lowest BCUT2D eigenvalue weighted by atomic mass is 10.0. The van der Waals surface area contributed by atoms with Crippen molar-refractivity contribution < 1.29 is 13.9 Å². The Bertz CT molecular complexity index is 779. The van der Waals surface area contributed by atoms with Gasteiger partial charge in [0.25, 0.3) is 5.69 Å². The molecule has 1 aliphatic rings. The summed E-state index contributed by atoms with van der Waals surface area (Å²) in [6.07, 6.45) is 3.36. The number of amides is 1. The Morgan fingerprint density at radius 2 is 2.16 bits per heavy atom. The molecule has 1 aromatic carbocycles. The van der Waals surface area contributed by atoms with Crippen molar-refractivity contribution in [1.82, 2.24) is 0 Å².